The van der Waals surface area contributed by atoms with Gasteiger partial charge in [0.1, 0.15) is 5.69 Å². The van der Waals surface area contributed by atoms with Crippen molar-refractivity contribution in [3.63, 3.8) is 0 Å². The number of nitrogens with zero attached hydrogens (tertiary/aromatic N) is 1. The molecule has 0 saturated carbocycles. The number of hydrogen-bond acceptors (Lipinski definition) is 4. The van der Waals surface area contributed by atoms with E-state index in [-0.39, 0.29) is 5.78 Å². The Hall–Kier alpha value is -2.79. The maximum absolute atomic E-state index is 12.6. The predicted octanol–water partition coefficient (Wildman–Crippen LogP) is 3.81. The van der Waals surface area contributed by atoms with Crippen LogP contribution in [0.15, 0.2) is 42.5 Å². The zero-order valence-corrected chi connectivity index (χ0v) is 16.2. The molecule has 0 atom stereocenters. The summed E-state index contributed by atoms with van der Waals surface area (Å²) in [5.74, 6) is 1.11. The van der Waals surface area contributed by atoms with Crippen molar-refractivity contribution in [2.24, 2.45) is 0 Å². The summed E-state index contributed by atoms with van der Waals surface area (Å²) in [6.07, 6.45) is 3.32. The molecule has 2 rings (SSSR count). The first-order valence-corrected chi connectivity index (χ1v) is 8.25. The van der Waals surface area contributed by atoms with Gasteiger partial charge < -0.3 is 14.2 Å². The first-order valence-electron chi connectivity index (χ1n) is 8.25. The number of ether oxygens (including phenoxy) is 3. The molecule has 0 heterocycles. The molecular weight excluding hydrogens is 330 g/mol. The molecule has 2 aromatic carbocycles. The van der Waals surface area contributed by atoms with Crippen LogP contribution in [0.25, 0.3) is 6.08 Å². The van der Waals surface area contributed by atoms with Crippen molar-refractivity contribution < 1.29 is 19.0 Å². The third-order valence-electron chi connectivity index (χ3n) is 4.06. The minimum absolute atomic E-state index is 0.168. The van der Waals surface area contributed by atoms with Crippen LogP contribution in [0.1, 0.15) is 15.9 Å². The molecule has 0 aromatic heterocycles. The zero-order chi connectivity index (χ0) is 19.3. The molecule has 0 aliphatic heterocycles. The van der Waals surface area contributed by atoms with Crippen molar-refractivity contribution in [2.75, 3.05) is 42.5 Å². The number of allylic oxidation sites excluding steroid dienone is 1. The average Bonchev–Trinajstić information content (AvgIpc) is 2.64. The molecule has 26 heavy (non-hydrogen) atoms. The number of ketones is 1. The van der Waals surface area contributed by atoms with Gasteiger partial charge in [-0.2, -0.15) is 0 Å². The van der Waals surface area contributed by atoms with E-state index in [9.17, 15) is 4.79 Å². The van der Waals surface area contributed by atoms with Crippen LogP contribution in [0, 0.1) is 0 Å². The summed E-state index contributed by atoms with van der Waals surface area (Å²) < 4.78 is 16.7. The summed E-state index contributed by atoms with van der Waals surface area (Å²) in [6, 6.07) is 11.5. The highest BCUT2D eigenvalue weighted by Crippen LogP contribution is 2.40. The van der Waals surface area contributed by atoms with Crippen LogP contribution >= 0.6 is 0 Å². The monoisotopic (exact) mass is 356 g/mol. The molecule has 0 radical (unpaired) electrons. The van der Waals surface area contributed by atoms with Crippen LogP contribution in [0.2, 0.25) is 0 Å². The van der Waals surface area contributed by atoms with Crippen LogP contribution in [-0.4, -0.2) is 48.3 Å². The molecule has 0 bridgehead atoms. The largest absolute Gasteiger partial charge is 0.493 e. The van der Waals surface area contributed by atoms with Gasteiger partial charge in [-0.1, -0.05) is 6.08 Å². The lowest BCUT2D eigenvalue weighted by molar-refractivity contribution is 0.104. The third kappa shape index (κ3) is 4.24. The lowest BCUT2D eigenvalue weighted by atomic mass is 10.1. The lowest BCUT2D eigenvalue weighted by Gasteiger charge is -2.23. The van der Waals surface area contributed by atoms with Gasteiger partial charge in [-0.3, -0.25) is 9.28 Å². The average molecular weight is 356 g/mol. The molecule has 5 heteroatoms. The minimum atomic E-state index is -0.168. The Morgan fingerprint density at radius 3 is 1.96 bits per heavy atom. The number of benzene rings is 2. The quantitative estimate of drug-likeness (QED) is 0.430. The fraction of sp³-hybridized carbons (Fsp3) is 0.286. The molecule has 0 aliphatic rings. The molecule has 2 aromatic rings. The standard InChI is InChI=1S/C21H26NO4/c1-22(2,3)16-10-7-15(8-11-16)9-13-18(23)17-12-14-19(24-4)21(26-6)20(17)25-5/h7-14H,1-6H3/q+1/b13-9+. The smallest absolute Gasteiger partial charge is 0.204 e. The predicted molar refractivity (Wildman–Crippen MR) is 105 cm³/mol. The van der Waals surface area contributed by atoms with Gasteiger partial charge in [0.05, 0.1) is 48.0 Å². The highest BCUT2D eigenvalue weighted by Gasteiger charge is 2.19. The first-order chi connectivity index (χ1) is 12.3. The fourth-order valence-electron chi connectivity index (χ4n) is 2.59. The molecule has 0 N–H and O–H groups in total. The van der Waals surface area contributed by atoms with Crippen LogP contribution in [0.3, 0.4) is 0 Å². The van der Waals surface area contributed by atoms with E-state index in [1.807, 2.05) is 12.1 Å². The summed E-state index contributed by atoms with van der Waals surface area (Å²) in [4.78, 5) is 12.6. The van der Waals surface area contributed by atoms with Crippen LogP contribution < -0.4 is 18.7 Å². The normalized spacial score (nSPS) is 11.5. The molecule has 0 saturated heterocycles. The molecule has 0 spiro atoms. The molecule has 0 unspecified atom stereocenters. The van der Waals surface area contributed by atoms with E-state index >= 15 is 0 Å². The van der Waals surface area contributed by atoms with Crippen LogP contribution in [0.5, 0.6) is 17.2 Å². The number of carbonyl (C=O) groups excluding carboxylic acids is 1. The van der Waals surface area contributed by atoms with Crippen molar-refractivity contribution in [3.05, 3.63) is 53.6 Å². The maximum Gasteiger partial charge on any atom is 0.204 e. The number of methoxy groups -OCH3 is 3. The van der Waals surface area contributed by atoms with Crippen molar-refractivity contribution in [3.8, 4) is 17.2 Å². The maximum atomic E-state index is 12.6. The minimum Gasteiger partial charge on any atom is -0.493 e. The Labute approximate surface area is 155 Å². The summed E-state index contributed by atoms with van der Waals surface area (Å²) >= 11 is 0. The van der Waals surface area contributed by atoms with Crippen molar-refractivity contribution in [1.82, 2.24) is 4.48 Å². The van der Waals surface area contributed by atoms with Crippen molar-refractivity contribution >= 4 is 17.5 Å². The van der Waals surface area contributed by atoms with E-state index in [1.165, 1.54) is 26.0 Å². The van der Waals surface area contributed by atoms with E-state index < -0.39 is 0 Å². The summed E-state index contributed by atoms with van der Waals surface area (Å²) in [6.45, 7) is 0. The molecule has 138 valence electrons. The van der Waals surface area contributed by atoms with E-state index in [0.717, 1.165) is 10.0 Å². The van der Waals surface area contributed by atoms with E-state index in [2.05, 4.69) is 33.3 Å². The second-order valence-corrected chi connectivity index (χ2v) is 6.68. The number of rotatable bonds is 7. The van der Waals surface area contributed by atoms with Gasteiger partial charge in [-0.05, 0) is 48.0 Å². The highest BCUT2D eigenvalue weighted by molar-refractivity contribution is 6.09. The Kier molecular flexibility index (Phi) is 6.05. The van der Waals surface area contributed by atoms with Crippen LogP contribution in [-0.2, 0) is 0 Å². The van der Waals surface area contributed by atoms with Crippen molar-refractivity contribution in [2.45, 2.75) is 0 Å². The second kappa shape index (κ2) is 8.06. The summed E-state index contributed by atoms with van der Waals surface area (Å²) in [5.41, 5.74) is 2.56. The molecule has 0 fully saturated rings. The molecule has 5 nitrogen and oxygen atoms in total. The number of hydrogen-bond donors (Lipinski definition) is 0. The van der Waals surface area contributed by atoms with E-state index in [0.29, 0.717) is 22.8 Å². The van der Waals surface area contributed by atoms with Gasteiger partial charge in [0.25, 0.3) is 0 Å². The topological polar surface area (TPSA) is 44.8 Å². The molecule has 0 aliphatic carbocycles. The second-order valence-electron chi connectivity index (χ2n) is 6.68. The third-order valence-corrected chi connectivity index (χ3v) is 4.06. The lowest BCUT2D eigenvalue weighted by Crippen LogP contribution is -2.34. The zero-order valence-electron chi connectivity index (χ0n) is 16.2. The Balaban J connectivity index is 2.28. The van der Waals surface area contributed by atoms with Crippen molar-refractivity contribution in [1.29, 1.82) is 0 Å². The molecular formula is C21H26NO4+. The SMILES string of the molecule is COc1ccc(C(=O)/C=C/c2ccc([N+](C)(C)C)cc2)c(OC)c1OC. The number of quaternary nitrogens is 1. The van der Waals surface area contributed by atoms with Gasteiger partial charge in [0.15, 0.2) is 17.3 Å². The van der Waals surface area contributed by atoms with Gasteiger partial charge >= 0.3 is 0 Å². The highest BCUT2D eigenvalue weighted by atomic mass is 16.5. The Bertz CT molecular complexity index is 802. The van der Waals surface area contributed by atoms with Gasteiger partial charge in [-0.15, -0.1) is 0 Å². The Morgan fingerprint density at radius 2 is 1.46 bits per heavy atom. The Morgan fingerprint density at radius 1 is 0.846 bits per heavy atom. The van der Waals surface area contributed by atoms with Crippen LogP contribution in [0.4, 0.5) is 5.69 Å². The van der Waals surface area contributed by atoms with Gasteiger partial charge in [0, 0.05) is 0 Å². The summed E-state index contributed by atoms with van der Waals surface area (Å²) in [7, 11) is 10.9. The summed E-state index contributed by atoms with van der Waals surface area (Å²) in [5, 5.41) is 0. The first kappa shape index (κ1) is 19.5. The van der Waals surface area contributed by atoms with Gasteiger partial charge in [-0.25, -0.2) is 0 Å². The molecule has 0 amide bonds. The van der Waals surface area contributed by atoms with Gasteiger partial charge in [0.2, 0.25) is 5.75 Å². The van der Waals surface area contributed by atoms with E-state index in [4.69, 9.17) is 14.2 Å². The van der Waals surface area contributed by atoms with E-state index in [1.54, 1.807) is 25.3 Å². The number of carbonyl (C=O) groups is 1. The fourth-order valence-corrected chi connectivity index (χ4v) is 2.59.